The van der Waals surface area contributed by atoms with Gasteiger partial charge in [-0.05, 0) is 29.7 Å². The summed E-state index contributed by atoms with van der Waals surface area (Å²) in [6.07, 6.45) is 1.47. The lowest BCUT2D eigenvalue weighted by Crippen LogP contribution is -2.05. The predicted molar refractivity (Wildman–Crippen MR) is 65.3 cm³/mol. The largest absolute Gasteiger partial charge is 0.389 e. The van der Waals surface area contributed by atoms with Crippen molar-refractivity contribution < 1.29 is 9.50 Å². The van der Waals surface area contributed by atoms with Gasteiger partial charge in [0.1, 0.15) is 5.83 Å². The van der Waals surface area contributed by atoms with Crippen molar-refractivity contribution in [3.8, 4) is 0 Å². The molecule has 0 spiro atoms. The van der Waals surface area contributed by atoms with Crippen LogP contribution in [-0.4, -0.2) is 11.7 Å². The number of aliphatic hydroxyl groups is 1. The maximum Gasteiger partial charge on any atom is 0.122 e. The molecule has 0 saturated carbocycles. The molecular weight excluding hydrogens is 227 g/mol. The molecule has 0 saturated heterocycles. The fourth-order valence-corrected chi connectivity index (χ4v) is 1.73. The van der Waals surface area contributed by atoms with Gasteiger partial charge in [-0.3, -0.25) is 0 Å². The minimum atomic E-state index is -0.545. The third-order valence-electron chi connectivity index (χ3n) is 2.48. The van der Waals surface area contributed by atoms with Gasteiger partial charge >= 0.3 is 0 Å². The molecular formula is C13H16ClFO. The molecule has 1 rings (SSSR count). The van der Waals surface area contributed by atoms with Gasteiger partial charge in [0.25, 0.3) is 0 Å². The highest BCUT2D eigenvalue weighted by Gasteiger charge is 2.14. The lowest BCUT2D eigenvalue weighted by Gasteiger charge is -2.17. The molecule has 0 heterocycles. The molecule has 1 nitrogen and oxygen atoms in total. The molecule has 0 aliphatic carbocycles. The standard InChI is InChI=1S/C13H16ClFO/c1-9(2)13(7-12(15)8-16)10-3-5-11(14)6-4-10/h3-7,9,13,16H,8H2,1-2H3/b12-7-. The average Bonchev–Trinajstić information content (AvgIpc) is 2.26. The molecule has 88 valence electrons. The highest BCUT2D eigenvalue weighted by molar-refractivity contribution is 6.30. The van der Waals surface area contributed by atoms with Gasteiger partial charge < -0.3 is 5.11 Å². The molecule has 0 amide bonds. The molecule has 1 unspecified atom stereocenters. The van der Waals surface area contributed by atoms with Crippen LogP contribution in [0.5, 0.6) is 0 Å². The number of aliphatic hydroxyl groups excluding tert-OH is 1. The van der Waals surface area contributed by atoms with Gasteiger partial charge in [-0.15, -0.1) is 0 Å². The average molecular weight is 243 g/mol. The van der Waals surface area contributed by atoms with Crippen LogP contribution in [0.3, 0.4) is 0 Å². The van der Waals surface area contributed by atoms with E-state index in [1.807, 2.05) is 26.0 Å². The first kappa shape index (κ1) is 13.2. The molecule has 1 aromatic carbocycles. The van der Waals surface area contributed by atoms with Crippen molar-refractivity contribution in [1.82, 2.24) is 0 Å². The summed E-state index contributed by atoms with van der Waals surface area (Å²) in [4.78, 5) is 0. The third kappa shape index (κ3) is 3.62. The summed E-state index contributed by atoms with van der Waals surface area (Å²) in [6, 6.07) is 7.34. The van der Waals surface area contributed by atoms with Crippen molar-refractivity contribution in [1.29, 1.82) is 0 Å². The second kappa shape index (κ2) is 6.02. The first-order valence-electron chi connectivity index (χ1n) is 5.27. The van der Waals surface area contributed by atoms with E-state index in [1.54, 1.807) is 12.1 Å². The molecule has 0 aromatic heterocycles. The normalized spacial score (nSPS) is 14.2. The lowest BCUT2D eigenvalue weighted by atomic mass is 9.88. The first-order valence-corrected chi connectivity index (χ1v) is 5.65. The Bertz CT molecular complexity index is 357. The van der Waals surface area contributed by atoms with Crippen LogP contribution in [0.2, 0.25) is 5.02 Å². The smallest absolute Gasteiger partial charge is 0.122 e. The van der Waals surface area contributed by atoms with Crippen molar-refractivity contribution in [3.63, 3.8) is 0 Å². The van der Waals surface area contributed by atoms with Gasteiger partial charge in [0.2, 0.25) is 0 Å². The van der Waals surface area contributed by atoms with E-state index >= 15 is 0 Å². The molecule has 0 aliphatic heterocycles. The van der Waals surface area contributed by atoms with Crippen LogP contribution in [0, 0.1) is 5.92 Å². The SMILES string of the molecule is CC(C)C(/C=C(\F)CO)c1ccc(Cl)cc1. The van der Waals surface area contributed by atoms with E-state index in [1.165, 1.54) is 6.08 Å². The van der Waals surface area contributed by atoms with Crippen LogP contribution >= 0.6 is 11.6 Å². The van der Waals surface area contributed by atoms with Gasteiger partial charge in [-0.25, -0.2) is 4.39 Å². The highest BCUT2D eigenvalue weighted by atomic mass is 35.5. The van der Waals surface area contributed by atoms with Gasteiger partial charge in [0.15, 0.2) is 0 Å². The molecule has 16 heavy (non-hydrogen) atoms. The quantitative estimate of drug-likeness (QED) is 0.848. The second-order valence-electron chi connectivity index (χ2n) is 4.09. The zero-order valence-electron chi connectivity index (χ0n) is 9.45. The van der Waals surface area contributed by atoms with Gasteiger partial charge in [0.05, 0.1) is 6.61 Å². The van der Waals surface area contributed by atoms with Crippen LogP contribution in [0.1, 0.15) is 25.3 Å². The summed E-state index contributed by atoms with van der Waals surface area (Å²) in [6.45, 7) is 3.48. The van der Waals surface area contributed by atoms with Crippen LogP contribution in [0.15, 0.2) is 36.2 Å². The third-order valence-corrected chi connectivity index (χ3v) is 2.74. The molecule has 1 aromatic rings. The van der Waals surface area contributed by atoms with Crippen molar-refractivity contribution in [2.24, 2.45) is 5.92 Å². The maximum atomic E-state index is 13.1. The second-order valence-corrected chi connectivity index (χ2v) is 4.53. The Morgan fingerprint density at radius 2 is 1.94 bits per heavy atom. The summed E-state index contributed by atoms with van der Waals surface area (Å²) < 4.78 is 13.1. The molecule has 3 heteroatoms. The number of rotatable bonds is 4. The summed E-state index contributed by atoms with van der Waals surface area (Å²) >= 11 is 5.80. The van der Waals surface area contributed by atoms with Crippen LogP contribution < -0.4 is 0 Å². The van der Waals surface area contributed by atoms with Crippen molar-refractivity contribution in [2.45, 2.75) is 19.8 Å². The Labute approximate surface area is 101 Å². The fraction of sp³-hybridized carbons (Fsp3) is 0.385. The van der Waals surface area contributed by atoms with Gasteiger partial charge in [-0.2, -0.15) is 0 Å². The number of halogens is 2. The Morgan fingerprint density at radius 1 is 1.38 bits per heavy atom. The first-order chi connectivity index (χ1) is 7.54. The Balaban J connectivity index is 2.98. The highest BCUT2D eigenvalue weighted by Crippen LogP contribution is 2.28. The summed E-state index contributed by atoms with van der Waals surface area (Å²) in [5.41, 5.74) is 1.00. The van der Waals surface area contributed by atoms with E-state index in [9.17, 15) is 4.39 Å². The van der Waals surface area contributed by atoms with Crippen LogP contribution in [-0.2, 0) is 0 Å². The number of hydrogen-bond donors (Lipinski definition) is 1. The predicted octanol–water partition coefficient (Wildman–Crippen LogP) is 3.93. The fourth-order valence-electron chi connectivity index (χ4n) is 1.61. The summed E-state index contributed by atoms with van der Waals surface area (Å²) in [5.74, 6) is -0.267. The van der Waals surface area contributed by atoms with Crippen LogP contribution in [0.25, 0.3) is 0 Å². The van der Waals surface area contributed by atoms with E-state index in [0.717, 1.165) is 5.56 Å². The topological polar surface area (TPSA) is 20.2 Å². The van der Waals surface area contributed by atoms with Gasteiger partial charge in [-0.1, -0.05) is 37.6 Å². The molecule has 0 aliphatic rings. The molecule has 0 fully saturated rings. The summed E-state index contributed by atoms with van der Waals surface area (Å²) in [5, 5.41) is 9.36. The van der Waals surface area contributed by atoms with Crippen LogP contribution in [0.4, 0.5) is 4.39 Å². The monoisotopic (exact) mass is 242 g/mol. The van der Waals surface area contributed by atoms with Crippen molar-refractivity contribution in [3.05, 3.63) is 46.8 Å². The molecule has 1 atom stereocenters. The van der Waals surface area contributed by atoms with E-state index in [0.29, 0.717) is 5.02 Å². The molecule has 1 N–H and O–H groups in total. The number of allylic oxidation sites excluding steroid dienone is 1. The molecule has 0 radical (unpaired) electrons. The maximum absolute atomic E-state index is 13.1. The minimum absolute atomic E-state index is 0.0376. The van der Waals surface area contributed by atoms with Crippen molar-refractivity contribution >= 4 is 11.6 Å². The Kier molecular flexibility index (Phi) is 4.97. The van der Waals surface area contributed by atoms with Gasteiger partial charge in [0, 0.05) is 10.9 Å². The number of hydrogen-bond acceptors (Lipinski definition) is 1. The zero-order valence-corrected chi connectivity index (χ0v) is 10.2. The van der Waals surface area contributed by atoms with E-state index in [4.69, 9.17) is 16.7 Å². The van der Waals surface area contributed by atoms with E-state index in [-0.39, 0.29) is 11.8 Å². The summed E-state index contributed by atoms with van der Waals surface area (Å²) in [7, 11) is 0. The lowest BCUT2D eigenvalue weighted by molar-refractivity contribution is 0.296. The zero-order chi connectivity index (χ0) is 12.1. The molecule has 0 bridgehead atoms. The van der Waals surface area contributed by atoms with E-state index < -0.39 is 12.4 Å². The van der Waals surface area contributed by atoms with E-state index in [2.05, 4.69) is 0 Å². The minimum Gasteiger partial charge on any atom is -0.389 e. The number of benzene rings is 1. The Morgan fingerprint density at radius 3 is 2.38 bits per heavy atom. The van der Waals surface area contributed by atoms with Crippen molar-refractivity contribution in [2.75, 3.05) is 6.61 Å². The Hall–Kier alpha value is -0.860.